The summed E-state index contributed by atoms with van der Waals surface area (Å²) in [7, 11) is 0. The monoisotopic (exact) mass is 221 g/mol. The molecule has 1 atom stereocenters. The van der Waals surface area contributed by atoms with E-state index < -0.39 is 0 Å². The molecule has 0 radical (unpaired) electrons. The molecule has 1 aliphatic rings. The van der Waals surface area contributed by atoms with Crippen LogP contribution >= 0.6 is 0 Å². The molecule has 0 aromatic heterocycles. The number of hydrogen-bond donors (Lipinski definition) is 1. The minimum absolute atomic E-state index is 0.147. The van der Waals surface area contributed by atoms with Gasteiger partial charge in [-0.2, -0.15) is 0 Å². The van der Waals surface area contributed by atoms with Gasteiger partial charge in [-0.15, -0.1) is 0 Å². The lowest BCUT2D eigenvalue weighted by molar-refractivity contribution is -0.0312. The van der Waals surface area contributed by atoms with Crippen LogP contribution in [0.1, 0.15) is 11.1 Å². The number of aliphatic hydroxyl groups is 1. The number of hydrogen-bond acceptors (Lipinski definition) is 3. The molecule has 2 rings (SSSR count). The zero-order valence-electron chi connectivity index (χ0n) is 9.72. The number of morpholine rings is 1. The molecular formula is C13H19NO2. The van der Waals surface area contributed by atoms with Gasteiger partial charge in [0.25, 0.3) is 0 Å². The smallest absolute Gasteiger partial charge is 0.0644 e. The number of nitrogens with zero attached hydrogens (tertiary/aromatic N) is 1. The molecule has 1 unspecified atom stereocenters. The first-order chi connectivity index (χ1) is 7.79. The van der Waals surface area contributed by atoms with Gasteiger partial charge in [-0.25, -0.2) is 0 Å². The molecule has 16 heavy (non-hydrogen) atoms. The van der Waals surface area contributed by atoms with Crippen molar-refractivity contribution in [1.82, 2.24) is 4.90 Å². The quantitative estimate of drug-likeness (QED) is 0.832. The minimum atomic E-state index is 0.147. The van der Waals surface area contributed by atoms with E-state index in [9.17, 15) is 5.11 Å². The van der Waals surface area contributed by atoms with Gasteiger partial charge in [0.05, 0.1) is 25.9 Å². The number of aliphatic hydroxyl groups excluding tert-OH is 1. The maximum Gasteiger partial charge on any atom is 0.0644 e. The number of rotatable bonds is 3. The van der Waals surface area contributed by atoms with Crippen LogP contribution in [-0.4, -0.2) is 42.4 Å². The Morgan fingerprint density at radius 1 is 1.50 bits per heavy atom. The standard InChI is InChI=1S/C13H19NO2/c1-11-3-2-4-12(7-11)8-14-5-6-16-10-13(14)9-15/h2-4,7,13,15H,5-6,8-10H2,1H3. The maximum absolute atomic E-state index is 9.27. The lowest BCUT2D eigenvalue weighted by Gasteiger charge is -2.34. The average molecular weight is 221 g/mol. The summed E-state index contributed by atoms with van der Waals surface area (Å²) in [5, 5.41) is 9.27. The van der Waals surface area contributed by atoms with E-state index in [2.05, 4.69) is 36.1 Å². The van der Waals surface area contributed by atoms with Gasteiger partial charge < -0.3 is 9.84 Å². The van der Waals surface area contributed by atoms with Crippen molar-refractivity contribution in [2.45, 2.75) is 19.5 Å². The number of ether oxygens (including phenoxy) is 1. The Morgan fingerprint density at radius 2 is 2.38 bits per heavy atom. The van der Waals surface area contributed by atoms with E-state index in [4.69, 9.17) is 4.74 Å². The lowest BCUT2D eigenvalue weighted by Crippen LogP contribution is -2.46. The van der Waals surface area contributed by atoms with Crippen molar-refractivity contribution < 1.29 is 9.84 Å². The molecule has 0 spiro atoms. The fraction of sp³-hybridized carbons (Fsp3) is 0.538. The summed E-state index contributed by atoms with van der Waals surface area (Å²) in [6, 6.07) is 8.67. The molecule has 0 aliphatic carbocycles. The maximum atomic E-state index is 9.27. The molecule has 3 heteroatoms. The topological polar surface area (TPSA) is 32.7 Å². The predicted octanol–water partition coefficient (Wildman–Crippen LogP) is 1.19. The van der Waals surface area contributed by atoms with Gasteiger partial charge in [0.15, 0.2) is 0 Å². The highest BCUT2D eigenvalue weighted by Crippen LogP contribution is 2.13. The van der Waals surface area contributed by atoms with Crippen molar-refractivity contribution >= 4 is 0 Å². The summed E-state index contributed by atoms with van der Waals surface area (Å²) in [6.45, 7) is 5.48. The molecule has 1 aliphatic heterocycles. The van der Waals surface area contributed by atoms with E-state index in [0.29, 0.717) is 6.61 Å². The van der Waals surface area contributed by atoms with Crippen molar-refractivity contribution in [1.29, 1.82) is 0 Å². The molecule has 1 saturated heterocycles. The molecule has 1 N–H and O–H groups in total. The molecule has 88 valence electrons. The molecule has 1 heterocycles. The highest BCUT2D eigenvalue weighted by molar-refractivity contribution is 5.22. The summed E-state index contributed by atoms with van der Waals surface area (Å²) >= 11 is 0. The SMILES string of the molecule is Cc1cccc(CN2CCOCC2CO)c1. The zero-order valence-corrected chi connectivity index (χ0v) is 9.72. The fourth-order valence-corrected chi connectivity index (χ4v) is 2.11. The summed E-state index contributed by atoms with van der Waals surface area (Å²) in [5.74, 6) is 0. The second-order valence-electron chi connectivity index (χ2n) is 4.37. The fourth-order valence-electron chi connectivity index (χ4n) is 2.11. The van der Waals surface area contributed by atoms with E-state index in [0.717, 1.165) is 19.7 Å². The lowest BCUT2D eigenvalue weighted by atomic mass is 10.1. The van der Waals surface area contributed by atoms with E-state index in [1.165, 1.54) is 11.1 Å². The Kier molecular flexibility index (Phi) is 3.93. The minimum Gasteiger partial charge on any atom is -0.395 e. The van der Waals surface area contributed by atoms with Crippen LogP contribution in [0, 0.1) is 6.92 Å². The highest BCUT2D eigenvalue weighted by Gasteiger charge is 2.21. The Bertz CT molecular complexity index is 340. The third kappa shape index (κ3) is 2.82. The first kappa shape index (κ1) is 11.6. The van der Waals surface area contributed by atoms with Gasteiger partial charge >= 0.3 is 0 Å². The van der Waals surface area contributed by atoms with Crippen LogP contribution in [0.2, 0.25) is 0 Å². The van der Waals surface area contributed by atoms with Gasteiger partial charge in [0, 0.05) is 13.1 Å². The van der Waals surface area contributed by atoms with Gasteiger partial charge in [-0.1, -0.05) is 29.8 Å². The van der Waals surface area contributed by atoms with Gasteiger partial charge in [-0.3, -0.25) is 4.90 Å². The van der Waals surface area contributed by atoms with Crippen molar-refractivity contribution in [2.75, 3.05) is 26.4 Å². The Hall–Kier alpha value is -0.900. The molecule has 0 saturated carbocycles. The second kappa shape index (κ2) is 5.43. The summed E-state index contributed by atoms with van der Waals surface area (Å²) in [4.78, 5) is 2.29. The Balaban J connectivity index is 2.02. The molecule has 0 bridgehead atoms. The summed E-state index contributed by atoms with van der Waals surface area (Å²) in [6.07, 6.45) is 0. The van der Waals surface area contributed by atoms with E-state index >= 15 is 0 Å². The van der Waals surface area contributed by atoms with Crippen LogP contribution in [0.25, 0.3) is 0 Å². The summed E-state index contributed by atoms with van der Waals surface area (Å²) < 4.78 is 5.36. The van der Waals surface area contributed by atoms with Crippen LogP contribution in [-0.2, 0) is 11.3 Å². The van der Waals surface area contributed by atoms with Gasteiger partial charge in [0.1, 0.15) is 0 Å². The third-order valence-electron chi connectivity index (χ3n) is 3.03. The van der Waals surface area contributed by atoms with Crippen LogP contribution in [0.15, 0.2) is 24.3 Å². The van der Waals surface area contributed by atoms with E-state index in [1.807, 2.05) is 0 Å². The molecular weight excluding hydrogens is 202 g/mol. The third-order valence-corrected chi connectivity index (χ3v) is 3.03. The van der Waals surface area contributed by atoms with Crippen molar-refractivity contribution in [2.24, 2.45) is 0 Å². The van der Waals surface area contributed by atoms with Crippen LogP contribution in [0.3, 0.4) is 0 Å². The van der Waals surface area contributed by atoms with E-state index in [-0.39, 0.29) is 12.6 Å². The van der Waals surface area contributed by atoms with Crippen molar-refractivity contribution in [3.05, 3.63) is 35.4 Å². The highest BCUT2D eigenvalue weighted by atomic mass is 16.5. The molecule has 1 aromatic rings. The first-order valence-electron chi connectivity index (χ1n) is 5.78. The van der Waals surface area contributed by atoms with Crippen LogP contribution in [0.5, 0.6) is 0 Å². The largest absolute Gasteiger partial charge is 0.395 e. The Morgan fingerprint density at radius 3 is 3.12 bits per heavy atom. The molecule has 0 amide bonds. The molecule has 1 aromatic carbocycles. The number of aryl methyl sites for hydroxylation is 1. The number of benzene rings is 1. The predicted molar refractivity (Wildman–Crippen MR) is 63.3 cm³/mol. The summed E-state index contributed by atoms with van der Waals surface area (Å²) in [5.41, 5.74) is 2.59. The normalized spacial score (nSPS) is 22.2. The molecule has 1 fully saturated rings. The van der Waals surface area contributed by atoms with Gasteiger partial charge in [-0.05, 0) is 12.5 Å². The first-order valence-corrected chi connectivity index (χ1v) is 5.78. The van der Waals surface area contributed by atoms with Crippen molar-refractivity contribution in [3.63, 3.8) is 0 Å². The molecule has 3 nitrogen and oxygen atoms in total. The van der Waals surface area contributed by atoms with Crippen molar-refractivity contribution in [3.8, 4) is 0 Å². The Labute approximate surface area is 96.6 Å². The van der Waals surface area contributed by atoms with Gasteiger partial charge in [0.2, 0.25) is 0 Å². The average Bonchev–Trinajstić information content (AvgIpc) is 2.30. The second-order valence-corrected chi connectivity index (χ2v) is 4.37. The van der Waals surface area contributed by atoms with Crippen LogP contribution in [0.4, 0.5) is 0 Å². The van der Waals surface area contributed by atoms with Crippen LogP contribution < -0.4 is 0 Å². The zero-order chi connectivity index (χ0) is 11.4. The van der Waals surface area contributed by atoms with E-state index in [1.54, 1.807) is 0 Å².